The molecule has 0 saturated carbocycles. The summed E-state index contributed by atoms with van der Waals surface area (Å²) in [7, 11) is 0. The molecular formula is C32H43N7O10. The molecule has 4 N–H and O–H groups in total. The highest BCUT2D eigenvalue weighted by Gasteiger charge is 2.23. The van der Waals surface area contributed by atoms with Crippen molar-refractivity contribution in [2.75, 3.05) is 103 Å². The fourth-order valence-electron chi connectivity index (χ4n) is 5.38. The van der Waals surface area contributed by atoms with Crippen LogP contribution in [0.1, 0.15) is 33.6 Å². The molecule has 2 aromatic rings. The van der Waals surface area contributed by atoms with Gasteiger partial charge in [-0.05, 0) is 25.0 Å². The van der Waals surface area contributed by atoms with Gasteiger partial charge in [0, 0.05) is 75.6 Å². The Bertz CT molecular complexity index is 1480. The Kier molecular flexibility index (Phi) is 14.5. The molecule has 0 bridgehead atoms. The number of rotatable bonds is 20. The third kappa shape index (κ3) is 11.4. The van der Waals surface area contributed by atoms with Gasteiger partial charge in [-0.2, -0.15) is 0 Å². The Hall–Kier alpha value is -4.84. The number of ether oxygens (including phenoxy) is 4. The summed E-state index contributed by atoms with van der Waals surface area (Å²) in [6.07, 6.45) is 5.21. The van der Waals surface area contributed by atoms with Gasteiger partial charge in [0.25, 0.3) is 11.4 Å². The molecule has 2 aliphatic heterocycles. The molecule has 2 aromatic carbocycles. The molecule has 17 nitrogen and oxygen atoms in total. The van der Waals surface area contributed by atoms with Gasteiger partial charge < -0.3 is 35.3 Å². The number of nitrogens with two attached hydrogens (primary N) is 1. The smallest absolute Gasteiger partial charge is 0.296 e. The average molecular weight is 686 g/mol. The zero-order valence-corrected chi connectivity index (χ0v) is 27.3. The van der Waals surface area contributed by atoms with Gasteiger partial charge in [-0.3, -0.25) is 39.6 Å². The van der Waals surface area contributed by atoms with Crippen molar-refractivity contribution in [2.24, 2.45) is 5.73 Å². The molecule has 49 heavy (non-hydrogen) atoms. The van der Waals surface area contributed by atoms with E-state index in [1.165, 1.54) is 18.2 Å². The van der Waals surface area contributed by atoms with E-state index >= 15 is 0 Å². The van der Waals surface area contributed by atoms with E-state index in [0.29, 0.717) is 45.6 Å². The highest BCUT2D eigenvalue weighted by atomic mass is 16.6. The number of nitrogens with one attached hydrogen (secondary N) is 2. The largest absolute Gasteiger partial charge is 0.491 e. The van der Waals surface area contributed by atoms with Crippen LogP contribution in [0, 0.1) is 20.2 Å². The molecule has 0 aliphatic carbocycles. The van der Waals surface area contributed by atoms with E-state index < -0.39 is 15.8 Å². The second-order valence-electron chi connectivity index (χ2n) is 11.3. The van der Waals surface area contributed by atoms with E-state index in [2.05, 4.69) is 20.4 Å². The Labute approximate surface area is 283 Å². The van der Waals surface area contributed by atoms with Crippen LogP contribution in [0.2, 0.25) is 0 Å². The fourth-order valence-corrected chi connectivity index (χ4v) is 5.38. The standard InChI is InChI=1S/C32H43N7O10/c33-32(41)25-21-27(39(44)45)31(29(22-25)49-14-4-8-37-11-17-47-18-12-37)35-6-2-1-5-34-30-26(38(42)43)19-24(23-40)20-28(30)48-13-3-7-36-9-15-46-16-10-36/h1-2,19-23,34-35H,3-18H2,(H2,33,41)/b2-1+. The lowest BCUT2D eigenvalue weighted by atomic mass is 10.1. The van der Waals surface area contributed by atoms with E-state index in [1.807, 2.05) is 0 Å². The molecule has 2 aliphatic rings. The van der Waals surface area contributed by atoms with Crippen LogP contribution in [-0.2, 0) is 9.47 Å². The minimum absolute atomic E-state index is 0.0542. The van der Waals surface area contributed by atoms with E-state index in [1.54, 1.807) is 12.2 Å². The first-order valence-electron chi connectivity index (χ1n) is 16.1. The molecule has 17 heteroatoms. The van der Waals surface area contributed by atoms with Crippen molar-refractivity contribution in [1.29, 1.82) is 0 Å². The van der Waals surface area contributed by atoms with Crippen molar-refractivity contribution in [3.05, 3.63) is 67.8 Å². The summed E-state index contributed by atoms with van der Waals surface area (Å²) in [5, 5.41) is 29.8. The van der Waals surface area contributed by atoms with Crippen molar-refractivity contribution in [3.8, 4) is 11.5 Å². The summed E-state index contributed by atoms with van der Waals surface area (Å²) >= 11 is 0. The van der Waals surface area contributed by atoms with Crippen molar-refractivity contribution < 1.29 is 38.4 Å². The number of nitro groups is 2. The van der Waals surface area contributed by atoms with E-state index in [9.17, 15) is 29.8 Å². The van der Waals surface area contributed by atoms with E-state index in [-0.39, 0.29) is 71.7 Å². The minimum atomic E-state index is -0.825. The molecule has 0 unspecified atom stereocenters. The number of carbonyl (C=O) groups excluding carboxylic acids is 2. The van der Waals surface area contributed by atoms with Crippen LogP contribution in [0.4, 0.5) is 22.7 Å². The zero-order chi connectivity index (χ0) is 35.0. The number of hydrogen-bond acceptors (Lipinski definition) is 14. The molecule has 2 saturated heterocycles. The first kappa shape index (κ1) is 37.0. The molecule has 2 heterocycles. The third-order valence-corrected chi connectivity index (χ3v) is 7.92. The molecule has 266 valence electrons. The number of nitro benzene ring substituents is 2. The Morgan fingerprint density at radius 2 is 1.27 bits per heavy atom. The van der Waals surface area contributed by atoms with Gasteiger partial charge in [0.1, 0.15) is 17.8 Å². The van der Waals surface area contributed by atoms with Gasteiger partial charge in [0.2, 0.25) is 5.91 Å². The van der Waals surface area contributed by atoms with Crippen molar-refractivity contribution in [2.45, 2.75) is 12.8 Å². The number of carbonyl (C=O) groups is 2. The lowest BCUT2D eigenvalue weighted by Crippen LogP contribution is -2.37. The van der Waals surface area contributed by atoms with Crippen molar-refractivity contribution >= 4 is 34.9 Å². The number of nitrogens with zero attached hydrogens (tertiary/aromatic N) is 4. The van der Waals surface area contributed by atoms with Crippen LogP contribution < -0.4 is 25.8 Å². The SMILES string of the molecule is NC(=O)c1cc(OCCCN2CCOCC2)c(NC/C=C/CNc2c(OCCCN3CCOCC3)cc(C=O)cc2[N+](=O)[O-])c([N+](=O)[O-])c1. The number of morpholine rings is 2. The van der Waals surface area contributed by atoms with Crippen LogP contribution in [0.25, 0.3) is 0 Å². The predicted molar refractivity (Wildman–Crippen MR) is 181 cm³/mol. The molecule has 0 atom stereocenters. The number of hydrogen-bond donors (Lipinski definition) is 3. The number of primary amides is 1. The van der Waals surface area contributed by atoms with Crippen LogP contribution in [0.5, 0.6) is 11.5 Å². The number of anilines is 2. The second kappa shape index (κ2) is 19.2. The van der Waals surface area contributed by atoms with Crippen molar-refractivity contribution in [3.63, 3.8) is 0 Å². The van der Waals surface area contributed by atoms with E-state index in [4.69, 9.17) is 24.7 Å². The third-order valence-electron chi connectivity index (χ3n) is 7.92. The number of amides is 1. The summed E-state index contributed by atoms with van der Waals surface area (Å²) in [6.45, 7) is 8.32. The maximum absolute atomic E-state index is 11.9. The first-order valence-corrected chi connectivity index (χ1v) is 16.1. The molecular weight excluding hydrogens is 642 g/mol. The number of aldehydes is 1. The summed E-state index contributed by atoms with van der Waals surface area (Å²) in [5.41, 5.74) is 5.03. The molecule has 4 rings (SSSR count). The summed E-state index contributed by atoms with van der Waals surface area (Å²) in [4.78, 5) is 50.5. The summed E-state index contributed by atoms with van der Waals surface area (Å²) in [5.74, 6) is -0.516. The summed E-state index contributed by atoms with van der Waals surface area (Å²) < 4.78 is 22.5. The Morgan fingerprint density at radius 3 is 1.71 bits per heavy atom. The van der Waals surface area contributed by atoms with Crippen LogP contribution in [0.15, 0.2) is 36.4 Å². The lowest BCUT2D eigenvalue weighted by molar-refractivity contribution is -0.384. The van der Waals surface area contributed by atoms with Gasteiger partial charge in [-0.1, -0.05) is 12.2 Å². The molecule has 0 radical (unpaired) electrons. The first-order chi connectivity index (χ1) is 23.8. The highest BCUT2D eigenvalue weighted by Crippen LogP contribution is 2.37. The average Bonchev–Trinajstić information content (AvgIpc) is 3.10. The molecule has 1 amide bonds. The lowest BCUT2D eigenvalue weighted by Gasteiger charge is -2.26. The molecule has 0 aromatic heterocycles. The monoisotopic (exact) mass is 685 g/mol. The second-order valence-corrected chi connectivity index (χ2v) is 11.3. The fraction of sp³-hybridized carbons (Fsp3) is 0.500. The van der Waals surface area contributed by atoms with Gasteiger partial charge in [-0.25, -0.2) is 0 Å². The van der Waals surface area contributed by atoms with Crippen LogP contribution in [-0.4, -0.2) is 124 Å². The maximum Gasteiger partial charge on any atom is 0.296 e. The van der Waals surface area contributed by atoms with E-state index in [0.717, 1.165) is 45.3 Å². The Morgan fingerprint density at radius 1 is 0.796 bits per heavy atom. The zero-order valence-electron chi connectivity index (χ0n) is 27.3. The topological polar surface area (TPSA) is 214 Å². The van der Waals surface area contributed by atoms with Crippen molar-refractivity contribution in [1.82, 2.24) is 9.80 Å². The molecule has 0 spiro atoms. The van der Waals surface area contributed by atoms with Gasteiger partial charge >= 0.3 is 0 Å². The number of benzene rings is 2. The van der Waals surface area contributed by atoms with Crippen LogP contribution >= 0.6 is 0 Å². The normalized spacial score (nSPS) is 15.5. The minimum Gasteiger partial charge on any atom is -0.491 e. The Balaban J connectivity index is 1.38. The quantitative estimate of drug-likeness (QED) is 0.0601. The van der Waals surface area contributed by atoms with Crippen LogP contribution in [0.3, 0.4) is 0 Å². The predicted octanol–water partition coefficient (Wildman–Crippen LogP) is 2.70. The molecule has 2 fully saturated rings. The van der Waals surface area contributed by atoms with Gasteiger partial charge in [-0.15, -0.1) is 0 Å². The van der Waals surface area contributed by atoms with Gasteiger partial charge in [0.15, 0.2) is 11.4 Å². The summed E-state index contributed by atoms with van der Waals surface area (Å²) in [6, 6.07) is 5.11. The maximum atomic E-state index is 11.9. The highest BCUT2D eigenvalue weighted by molar-refractivity contribution is 5.95. The van der Waals surface area contributed by atoms with Gasteiger partial charge in [0.05, 0.1) is 49.5 Å².